The van der Waals surface area contributed by atoms with Crippen LogP contribution in [0.4, 0.5) is 0 Å². The van der Waals surface area contributed by atoms with Crippen molar-refractivity contribution in [2.45, 2.75) is 27.7 Å². The van der Waals surface area contributed by atoms with Crippen molar-refractivity contribution in [1.29, 1.82) is 0 Å². The predicted octanol–water partition coefficient (Wildman–Crippen LogP) is 2.67. The molecule has 0 heterocycles. The molecule has 11 heavy (non-hydrogen) atoms. The Bertz CT molecular complexity index is 136. The SMILES string of the molecule is CC(C)[C-]=CC(=[N-])C(C)C.[Y]. The Labute approximate surface area is 95.0 Å². The number of rotatable bonds is 3. The van der Waals surface area contributed by atoms with Gasteiger partial charge in [0.25, 0.3) is 0 Å². The van der Waals surface area contributed by atoms with Crippen LogP contribution < -0.4 is 0 Å². The molecule has 0 aliphatic rings. The van der Waals surface area contributed by atoms with Crippen LogP contribution in [-0.4, -0.2) is 5.71 Å². The molecule has 0 saturated heterocycles. The van der Waals surface area contributed by atoms with Crippen molar-refractivity contribution in [3.8, 4) is 0 Å². The number of hydrogen-bond acceptors (Lipinski definition) is 0. The summed E-state index contributed by atoms with van der Waals surface area (Å²) in [6.07, 6.45) is 4.68. The third-order valence-corrected chi connectivity index (χ3v) is 1.16. The predicted molar refractivity (Wildman–Crippen MR) is 45.9 cm³/mol. The van der Waals surface area contributed by atoms with Gasteiger partial charge in [-0.25, -0.2) is 0 Å². The van der Waals surface area contributed by atoms with Crippen LogP contribution >= 0.6 is 0 Å². The fourth-order valence-electron chi connectivity index (χ4n) is 0.419. The number of hydrogen-bond donors (Lipinski definition) is 0. The van der Waals surface area contributed by atoms with Crippen molar-refractivity contribution in [3.05, 3.63) is 17.6 Å². The molecule has 0 saturated carbocycles. The van der Waals surface area contributed by atoms with Gasteiger partial charge < -0.3 is 11.1 Å². The van der Waals surface area contributed by atoms with E-state index in [2.05, 4.69) is 6.08 Å². The second kappa shape index (κ2) is 7.18. The van der Waals surface area contributed by atoms with Crippen LogP contribution in [0.3, 0.4) is 0 Å². The third-order valence-electron chi connectivity index (χ3n) is 1.16. The van der Waals surface area contributed by atoms with Gasteiger partial charge in [-0.2, -0.15) is 0 Å². The van der Waals surface area contributed by atoms with E-state index in [1.165, 1.54) is 0 Å². The van der Waals surface area contributed by atoms with Crippen molar-refractivity contribution in [2.75, 3.05) is 0 Å². The average molecular weight is 226 g/mol. The molecule has 0 amide bonds. The van der Waals surface area contributed by atoms with E-state index >= 15 is 0 Å². The van der Waals surface area contributed by atoms with E-state index < -0.39 is 0 Å². The summed E-state index contributed by atoms with van der Waals surface area (Å²) in [5, 5.41) is 9.17. The summed E-state index contributed by atoms with van der Waals surface area (Å²) < 4.78 is 0. The Morgan fingerprint density at radius 2 is 1.73 bits per heavy atom. The van der Waals surface area contributed by atoms with Crippen LogP contribution in [-0.2, 0) is 32.7 Å². The maximum absolute atomic E-state index is 9.17. The Morgan fingerprint density at radius 1 is 1.27 bits per heavy atom. The molecule has 61 valence electrons. The van der Waals surface area contributed by atoms with Crippen molar-refractivity contribution < 1.29 is 32.7 Å². The van der Waals surface area contributed by atoms with Crippen molar-refractivity contribution in [3.63, 3.8) is 0 Å². The Kier molecular flexibility index (Phi) is 9.18. The number of nitrogens with zero attached hydrogens (tertiary/aromatic N) is 1. The van der Waals surface area contributed by atoms with Gasteiger partial charge in [0.2, 0.25) is 0 Å². The summed E-state index contributed by atoms with van der Waals surface area (Å²) in [6, 6.07) is 0. The fraction of sp³-hybridized carbons (Fsp3) is 0.667. The molecular weight excluding hydrogens is 211 g/mol. The van der Waals surface area contributed by atoms with E-state index in [1.54, 1.807) is 6.08 Å². The van der Waals surface area contributed by atoms with Gasteiger partial charge in [-0.3, -0.25) is 12.2 Å². The summed E-state index contributed by atoms with van der Waals surface area (Å²) in [5.41, 5.74) is 0.411. The van der Waals surface area contributed by atoms with Crippen LogP contribution in [0.15, 0.2) is 6.08 Å². The van der Waals surface area contributed by atoms with Gasteiger partial charge in [0.15, 0.2) is 0 Å². The Hall–Kier alpha value is 0.514. The molecule has 0 unspecified atom stereocenters. The van der Waals surface area contributed by atoms with E-state index in [9.17, 15) is 5.41 Å². The van der Waals surface area contributed by atoms with Crippen LogP contribution in [0.2, 0.25) is 0 Å². The van der Waals surface area contributed by atoms with Gasteiger partial charge in [-0.05, 0) is 0 Å². The van der Waals surface area contributed by atoms with Gasteiger partial charge in [0, 0.05) is 32.7 Å². The molecule has 0 rings (SSSR count). The summed E-state index contributed by atoms with van der Waals surface area (Å²) in [4.78, 5) is 0. The summed E-state index contributed by atoms with van der Waals surface area (Å²) in [6.45, 7) is 7.97. The molecule has 1 radical (unpaired) electrons. The van der Waals surface area contributed by atoms with Crippen LogP contribution in [0.5, 0.6) is 0 Å². The quantitative estimate of drug-likeness (QED) is 0.521. The van der Waals surface area contributed by atoms with Crippen molar-refractivity contribution >= 4 is 5.71 Å². The maximum atomic E-state index is 9.17. The normalized spacial score (nSPS) is 10.7. The van der Waals surface area contributed by atoms with Gasteiger partial charge >= 0.3 is 0 Å². The molecule has 0 atom stereocenters. The first kappa shape index (κ1) is 14.1. The van der Waals surface area contributed by atoms with Gasteiger partial charge in [0.05, 0.1) is 0 Å². The first-order chi connectivity index (χ1) is 4.54. The Balaban J connectivity index is 0. The molecule has 1 nitrogen and oxygen atoms in total. The minimum atomic E-state index is 0. The van der Waals surface area contributed by atoms with E-state index in [1.807, 2.05) is 27.7 Å². The van der Waals surface area contributed by atoms with E-state index in [0.717, 1.165) is 0 Å². The van der Waals surface area contributed by atoms with Crippen LogP contribution in [0, 0.1) is 17.9 Å². The molecular formula is C9H15NY-2. The Morgan fingerprint density at radius 3 is 2.00 bits per heavy atom. The first-order valence-corrected chi connectivity index (χ1v) is 3.69. The topological polar surface area (TPSA) is 22.3 Å². The maximum Gasteiger partial charge on any atom is 0 e. The molecule has 0 fully saturated rings. The number of allylic oxidation sites excluding steroid dienone is 2. The molecule has 0 aromatic rings. The summed E-state index contributed by atoms with van der Waals surface area (Å²) in [5.74, 6) is 0.604. The molecule has 0 aliphatic heterocycles. The zero-order valence-electron chi connectivity index (χ0n) is 7.76. The zero-order chi connectivity index (χ0) is 8.15. The van der Waals surface area contributed by atoms with E-state index in [4.69, 9.17) is 0 Å². The third kappa shape index (κ3) is 8.42. The second-order valence-corrected chi connectivity index (χ2v) is 3.05. The smallest absolute Gasteiger partial charge is 0 e. The fourth-order valence-corrected chi connectivity index (χ4v) is 0.419. The van der Waals surface area contributed by atoms with E-state index in [-0.39, 0.29) is 38.6 Å². The van der Waals surface area contributed by atoms with Crippen LogP contribution in [0.25, 0.3) is 5.41 Å². The molecule has 0 spiro atoms. The summed E-state index contributed by atoms with van der Waals surface area (Å²) in [7, 11) is 0. The zero-order valence-corrected chi connectivity index (χ0v) is 10.6. The second-order valence-electron chi connectivity index (χ2n) is 3.05. The van der Waals surface area contributed by atoms with Gasteiger partial charge in [-0.1, -0.05) is 27.7 Å². The van der Waals surface area contributed by atoms with Gasteiger partial charge in [0.1, 0.15) is 0 Å². The average Bonchev–Trinajstić information content (AvgIpc) is 1.82. The molecule has 0 aliphatic carbocycles. The molecule has 0 aromatic heterocycles. The van der Waals surface area contributed by atoms with Crippen LogP contribution in [0.1, 0.15) is 27.7 Å². The monoisotopic (exact) mass is 226 g/mol. The van der Waals surface area contributed by atoms with Gasteiger partial charge in [-0.15, -0.1) is 11.8 Å². The minimum absolute atomic E-state index is 0. The largest absolute Gasteiger partial charge is 0.908 e. The molecule has 0 bridgehead atoms. The molecule has 2 heteroatoms. The van der Waals surface area contributed by atoms with E-state index in [0.29, 0.717) is 11.6 Å². The molecule has 0 N–H and O–H groups in total. The summed E-state index contributed by atoms with van der Waals surface area (Å²) >= 11 is 0. The minimum Gasteiger partial charge on any atom is -0.908 e. The molecule has 0 aromatic carbocycles. The van der Waals surface area contributed by atoms with Crippen molar-refractivity contribution in [1.82, 2.24) is 0 Å². The van der Waals surface area contributed by atoms with Crippen molar-refractivity contribution in [2.24, 2.45) is 11.8 Å². The first-order valence-electron chi connectivity index (χ1n) is 3.69. The standard InChI is InChI=1S/C9H15N.Y/c1-7(2)5-6-9(10)8(3)4;/h6-8H,1-4H3;/q-2;.